The maximum Gasteiger partial charge on any atom is 0.348 e. The third kappa shape index (κ3) is 6.96. The smallest absolute Gasteiger partial charge is 0.348 e. The van der Waals surface area contributed by atoms with Gasteiger partial charge in [0.05, 0.1) is 24.3 Å². The summed E-state index contributed by atoms with van der Waals surface area (Å²) in [6.45, 7) is 3.33. The zero-order valence-electron chi connectivity index (χ0n) is 28.0. The van der Waals surface area contributed by atoms with E-state index in [2.05, 4.69) is 21.3 Å². The predicted molar refractivity (Wildman–Crippen MR) is 192 cm³/mol. The van der Waals surface area contributed by atoms with Gasteiger partial charge in [0, 0.05) is 36.8 Å². The summed E-state index contributed by atoms with van der Waals surface area (Å²) < 4.78 is 23.4. The van der Waals surface area contributed by atoms with Gasteiger partial charge in [-0.05, 0) is 91.2 Å². The molecule has 1 aliphatic carbocycles. The summed E-state index contributed by atoms with van der Waals surface area (Å²) in [5, 5.41) is 4.34. The minimum Gasteiger partial charge on any atom is -0.493 e. The summed E-state index contributed by atoms with van der Waals surface area (Å²) in [6, 6.07) is 17.1. The second kappa shape index (κ2) is 14.9. The summed E-state index contributed by atoms with van der Waals surface area (Å²) >= 11 is 14.3. The second-order valence-corrected chi connectivity index (χ2v) is 15.0. The number of nitrogens with one attached hydrogen (secondary N) is 1. The van der Waals surface area contributed by atoms with Crippen LogP contribution in [0.15, 0.2) is 67.0 Å². The first kappa shape index (κ1) is 34.8. The molecule has 0 spiro atoms. The number of hydrogen-bond donors (Lipinski definition) is 1. The number of piperidine rings is 3. The van der Waals surface area contributed by atoms with E-state index in [0.29, 0.717) is 56.4 Å². The number of rotatable bonds is 12. The number of aryl methyl sites for hydroxylation is 1. The quantitative estimate of drug-likeness (QED) is 0.152. The van der Waals surface area contributed by atoms with Gasteiger partial charge in [0.15, 0.2) is 11.5 Å². The number of thiophene rings is 1. The minimum atomic E-state index is -0.963. The van der Waals surface area contributed by atoms with Gasteiger partial charge in [0.25, 0.3) is 0 Å². The predicted octanol–water partition coefficient (Wildman–Crippen LogP) is 7.18. The first-order valence-corrected chi connectivity index (χ1v) is 18.4. The van der Waals surface area contributed by atoms with Crippen LogP contribution in [0.3, 0.4) is 0 Å². The number of benzene rings is 2. The largest absolute Gasteiger partial charge is 0.493 e. The standard InChI is InChI=1S/C38H39Cl2N3O6S/c1-46-31-9-7-25(17-33(31)47-2)32(18-27-29(39)20-41-21-30(27)40)48-36(44)35-10-8-26(50-35)19-42-38(14-11-23-5-3-4-6-28(23)38)37(45)49-34-22-43-15-12-24(34)13-16-43/h3-10,17,20-21,24,32,34,42H,11-16,18-19,22H2,1-2H3/t32-,34-,38?/m0/s1. The molecule has 12 heteroatoms. The van der Waals surface area contributed by atoms with Crippen LogP contribution in [-0.2, 0) is 39.2 Å². The van der Waals surface area contributed by atoms with E-state index in [1.807, 2.05) is 30.3 Å². The van der Waals surface area contributed by atoms with Crippen LogP contribution in [-0.4, -0.2) is 61.8 Å². The number of halogens is 2. The van der Waals surface area contributed by atoms with Crippen LogP contribution in [0.5, 0.6) is 11.5 Å². The number of hydrogen-bond acceptors (Lipinski definition) is 10. The van der Waals surface area contributed by atoms with Crippen LogP contribution in [0, 0.1) is 5.92 Å². The van der Waals surface area contributed by atoms with Crippen molar-refractivity contribution in [2.45, 2.75) is 56.4 Å². The Kier molecular flexibility index (Phi) is 10.4. The summed E-state index contributed by atoms with van der Waals surface area (Å²) in [4.78, 5) is 35.6. The molecule has 4 aliphatic rings. The monoisotopic (exact) mass is 735 g/mol. The molecule has 0 saturated carbocycles. The highest BCUT2D eigenvalue weighted by Crippen LogP contribution is 2.41. The van der Waals surface area contributed by atoms with Crippen molar-refractivity contribution in [2.75, 3.05) is 33.9 Å². The average molecular weight is 737 g/mol. The van der Waals surface area contributed by atoms with Crippen LogP contribution in [0.2, 0.25) is 10.0 Å². The third-order valence-corrected chi connectivity index (χ3v) is 12.0. The Labute approximate surface area is 305 Å². The number of aromatic nitrogens is 1. The Morgan fingerprint density at radius 1 is 1.02 bits per heavy atom. The number of esters is 2. The van der Waals surface area contributed by atoms with Gasteiger partial charge in [-0.1, -0.05) is 53.5 Å². The van der Waals surface area contributed by atoms with Gasteiger partial charge in [-0.25, -0.2) is 9.59 Å². The molecule has 8 rings (SSSR count). The number of nitrogens with zero attached hydrogens (tertiary/aromatic N) is 2. The fourth-order valence-corrected chi connectivity index (χ4v) is 8.82. The molecule has 2 aromatic heterocycles. The number of carbonyl (C=O) groups is 2. The highest BCUT2D eigenvalue weighted by atomic mass is 35.5. The molecule has 9 nitrogen and oxygen atoms in total. The average Bonchev–Trinajstić information content (AvgIpc) is 3.78. The number of ether oxygens (including phenoxy) is 4. The van der Waals surface area contributed by atoms with Crippen molar-refractivity contribution in [3.8, 4) is 11.5 Å². The molecule has 0 amide bonds. The van der Waals surface area contributed by atoms with Gasteiger partial charge in [-0.2, -0.15) is 0 Å². The van der Waals surface area contributed by atoms with Crippen molar-refractivity contribution in [1.82, 2.24) is 15.2 Å². The lowest BCUT2D eigenvalue weighted by Gasteiger charge is -2.45. The van der Waals surface area contributed by atoms with E-state index in [1.54, 1.807) is 32.4 Å². The SMILES string of the molecule is COc1ccc([C@H](Cc2c(Cl)cncc2Cl)OC(=O)c2ccc(CNC3(C(=O)O[C@H]4CN5CCC4CC5)CCc4ccccc43)s2)cc1OC. The topological polar surface area (TPSA) is 99.2 Å². The molecular formula is C38H39Cl2N3O6S. The van der Waals surface area contributed by atoms with Gasteiger partial charge < -0.3 is 18.9 Å². The van der Waals surface area contributed by atoms with Crippen molar-refractivity contribution in [3.05, 3.63) is 109 Å². The summed E-state index contributed by atoms with van der Waals surface area (Å²) in [5.41, 5.74) is 2.45. The fraction of sp³-hybridized carbons (Fsp3) is 0.395. The molecule has 3 atom stereocenters. The van der Waals surface area contributed by atoms with Gasteiger partial charge >= 0.3 is 11.9 Å². The lowest BCUT2D eigenvalue weighted by molar-refractivity contribution is -0.167. The van der Waals surface area contributed by atoms with Crippen LogP contribution in [0.25, 0.3) is 0 Å². The molecule has 262 valence electrons. The van der Waals surface area contributed by atoms with Crippen LogP contribution in [0.1, 0.15) is 62.2 Å². The zero-order valence-corrected chi connectivity index (χ0v) is 30.3. The van der Waals surface area contributed by atoms with Crippen molar-refractivity contribution < 1.29 is 28.5 Å². The number of carbonyl (C=O) groups excluding carboxylic acids is 2. The van der Waals surface area contributed by atoms with Crippen molar-refractivity contribution in [1.29, 1.82) is 0 Å². The molecule has 4 aromatic rings. The molecule has 0 radical (unpaired) electrons. The van der Waals surface area contributed by atoms with Gasteiger partial charge in [0.2, 0.25) is 0 Å². The maximum atomic E-state index is 14.1. The van der Waals surface area contributed by atoms with Gasteiger partial charge in [0.1, 0.15) is 22.6 Å². The zero-order chi connectivity index (χ0) is 34.8. The molecule has 1 unspecified atom stereocenters. The van der Waals surface area contributed by atoms with Crippen molar-refractivity contribution in [3.63, 3.8) is 0 Å². The summed E-state index contributed by atoms with van der Waals surface area (Å²) in [5.74, 6) is 0.745. The van der Waals surface area contributed by atoms with Crippen LogP contribution in [0.4, 0.5) is 0 Å². The molecule has 3 saturated heterocycles. The Bertz CT molecular complexity index is 1860. The summed E-state index contributed by atoms with van der Waals surface area (Å²) in [6.07, 6.45) is 5.93. The Balaban J connectivity index is 1.09. The number of methoxy groups -OCH3 is 2. The molecule has 3 fully saturated rings. The van der Waals surface area contributed by atoms with E-state index in [1.165, 1.54) is 23.7 Å². The third-order valence-electron chi connectivity index (χ3n) is 10.2. The summed E-state index contributed by atoms with van der Waals surface area (Å²) in [7, 11) is 3.11. The fourth-order valence-electron chi connectivity index (χ4n) is 7.47. The molecule has 2 aromatic carbocycles. The molecule has 2 bridgehead atoms. The Morgan fingerprint density at radius 3 is 2.50 bits per heavy atom. The minimum absolute atomic E-state index is 0.0879. The highest BCUT2D eigenvalue weighted by molar-refractivity contribution is 7.13. The first-order chi connectivity index (χ1) is 24.3. The van der Waals surface area contributed by atoms with E-state index >= 15 is 0 Å². The maximum absolute atomic E-state index is 14.1. The number of fused-ring (bicyclic) bond motifs is 4. The Hall–Kier alpha value is -3.67. The first-order valence-electron chi connectivity index (χ1n) is 16.8. The second-order valence-electron chi connectivity index (χ2n) is 13.1. The normalized spacial score (nSPS) is 22.8. The lowest BCUT2D eigenvalue weighted by Crippen LogP contribution is -2.55. The van der Waals surface area contributed by atoms with E-state index in [0.717, 1.165) is 54.9 Å². The molecule has 1 N–H and O–H groups in total. The lowest BCUT2D eigenvalue weighted by atomic mass is 9.85. The van der Waals surface area contributed by atoms with Crippen molar-refractivity contribution >= 4 is 46.5 Å². The molecule has 5 heterocycles. The molecule has 50 heavy (non-hydrogen) atoms. The van der Waals surface area contributed by atoms with Crippen LogP contribution >= 0.6 is 34.5 Å². The highest BCUT2D eigenvalue weighted by Gasteiger charge is 2.48. The molecular weight excluding hydrogens is 697 g/mol. The van der Waals surface area contributed by atoms with E-state index in [-0.39, 0.29) is 18.5 Å². The molecule has 3 aliphatic heterocycles. The van der Waals surface area contributed by atoms with Gasteiger partial charge in [-0.15, -0.1) is 11.3 Å². The van der Waals surface area contributed by atoms with E-state index in [9.17, 15) is 9.59 Å². The van der Waals surface area contributed by atoms with Crippen molar-refractivity contribution in [2.24, 2.45) is 5.92 Å². The van der Waals surface area contributed by atoms with Crippen LogP contribution < -0.4 is 14.8 Å². The van der Waals surface area contributed by atoms with Gasteiger partial charge in [-0.3, -0.25) is 15.2 Å². The Morgan fingerprint density at radius 2 is 1.78 bits per heavy atom. The van der Waals surface area contributed by atoms with E-state index < -0.39 is 17.6 Å². The van der Waals surface area contributed by atoms with E-state index in [4.69, 9.17) is 42.1 Å². The number of pyridine rings is 1.